The first-order valence-electron chi connectivity index (χ1n) is 12.0. The van der Waals surface area contributed by atoms with E-state index in [4.69, 9.17) is 21.1 Å². The number of nitrogens with one attached hydrogen (secondary N) is 2. The second-order valence-corrected chi connectivity index (χ2v) is 9.88. The molecule has 2 atom stereocenters. The molecule has 0 aliphatic heterocycles. The minimum atomic E-state index is -0.694. The molecular formula is C27H35ClF2N2O4. The number of alkyl halides is 1. The summed E-state index contributed by atoms with van der Waals surface area (Å²) in [5.41, 5.74) is 1.22. The molecular weight excluding hydrogens is 490 g/mol. The fourth-order valence-corrected chi connectivity index (χ4v) is 3.87. The van der Waals surface area contributed by atoms with Gasteiger partial charge in [-0.25, -0.2) is 13.6 Å². The van der Waals surface area contributed by atoms with Crippen LogP contribution in [0.5, 0.6) is 0 Å². The van der Waals surface area contributed by atoms with E-state index in [9.17, 15) is 18.4 Å². The molecule has 0 radical (unpaired) electrons. The summed E-state index contributed by atoms with van der Waals surface area (Å²) in [4.78, 5) is 25.1. The van der Waals surface area contributed by atoms with Gasteiger partial charge in [-0.05, 0) is 69.9 Å². The van der Waals surface area contributed by atoms with Crippen molar-refractivity contribution in [3.05, 3.63) is 58.9 Å². The van der Waals surface area contributed by atoms with Crippen LogP contribution in [0.2, 0.25) is 5.02 Å². The van der Waals surface area contributed by atoms with Crippen LogP contribution < -0.4 is 10.6 Å². The minimum Gasteiger partial charge on any atom is -0.466 e. The van der Waals surface area contributed by atoms with E-state index in [2.05, 4.69) is 10.6 Å². The average Bonchev–Trinajstić information content (AvgIpc) is 2.79. The first kappa shape index (κ1) is 29.5. The number of benzene rings is 2. The van der Waals surface area contributed by atoms with Crippen molar-refractivity contribution < 1.29 is 27.8 Å². The Bertz CT molecular complexity index is 996. The Kier molecular flexibility index (Phi) is 11.6. The van der Waals surface area contributed by atoms with Crippen molar-refractivity contribution in [1.82, 2.24) is 10.6 Å². The standard InChI is InChI=1S/C27H35ClF2N2O4/c1-5-35-25(33)20(17-31-13-12-29)15-22(32-26(34)36-27(2,3)4)14-18-6-8-19(9-7-18)23-16-21(28)10-11-24(23)30/h6-11,16,20,22,31H,5,12-15,17H2,1-4H3,(H,32,34). The quantitative estimate of drug-likeness (QED) is 0.275. The molecule has 6 nitrogen and oxygen atoms in total. The lowest BCUT2D eigenvalue weighted by atomic mass is 9.93. The number of hydrogen-bond acceptors (Lipinski definition) is 5. The van der Waals surface area contributed by atoms with Gasteiger partial charge >= 0.3 is 12.1 Å². The monoisotopic (exact) mass is 524 g/mol. The summed E-state index contributed by atoms with van der Waals surface area (Å²) in [7, 11) is 0. The number of hydrogen-bond donors (Lipinski definition) is 2. The molecule has 0 aliphatic rings. The van der Waals surface area contributed by atoms with Gasteiger partial charge < -0.3 is 20.1 Å². The first-order chi connectivity index (χ1) is 17.0. The van der Waals surface area contributed by atoms with Crippen molar-refractivity contribution in [1.29, 1.82) is 0 Å². The van der Waals surface area contributed by atoms with Crippen LogP contribution in [0.4, 0.5) is 13.6 Å². The molecule has 0 bridgehead atoms. The zero-order valence-corrected chi connectivity index (χ0v) is 22.0. The largest absolute Gasteiger partial charge is 0.466 e. The highest BCUT2D eigenvalue weighted by atomic mass is 35.5. The summed E-state index contributed by atoms with van der Waals surface area (Å²) >= 11 is 6.02. The first-order valence-corrected chi connectivity index (χ1v) is 12.4. The van der Waals surface area contributed by atoms with Gasteiger partial charge in [-0.3, -0.25) is 4.79 Å². The van der Waals surface area contributed by atoms with Crippen LogP contribution in [-0.4, -0.2) is 50.1 Å². The summed E-state index contributed by atoms with van der Waals surface area (Å²) in [6.07, 6.45) is 0.0305. The Labute approximate surface area is 216 Å². The third-order valence-electron chi connectivity index (χ3n) is 5.25. The van der Waals surface area contributed by atoms with E-state index < -0.39 is 36.3 Å². The highest BCUT2D eigenvalue weighted by molar-refractivity contribution is 6.30. The fraction of sp³-hybridized carbons (Fsp3) is 0.481. The molecule has 36 heavy (non-hydrogen) atoms. The number of ether oxygens (including phenoxy) is 2. The molecule has 0 aliphatic carbocycles. The third kappa shape index (κ3) is 10.1. The normalized spacial score (nSPS) is 13.1. The number of carbonyl (C=O) groups is 2. The number of halogens is 3. The molecule has 0 aromatic heterocycles. The van der Waals surface area contributed by atoms with Crippen LogP contribution in [0.3, 0.4) is 0 Å². The topological polar surface area (TPSA) is 76.7 Å². The van der Waals surface area contributed by atoms with Gasteiger partial charge in [0.25, 0.3) is 0 Å². The van der Waals surface area contributed by atoms with Gasteiger partial charge in [-0.1, -0.05) is 35.9 Å². The van der Waals surface area contributed by atoms with Crippen LogP contribution in [0.15, 0.2) is 42.5 Å². The van der Waals surface area contributed by atoms with E-state index in [1.807, 2.05) is 12.1 Å². The van der Waals surface area contributed by atoms with Crippen molar-refractivity contribution in [2.45, 2.75) is 52.2 Å². The van der Waals surface area contributed by atoms with Crippen LogP contribution in [0.1, 0.15) is 39.7 Å². The van der Waals surface area contributed by atoms with E-state index in [0.717, 1.165) is 5.56 Å². The van der Waals surface area contributed by atoms with Crippen molar-refractivity contribution in [2.24, 2.45) is 5.92 Å². The molecule has 0 heterocycles. The Morgan fingerprint density at radius 2 is 1.81 bits per heavy atom. The predicted molar refractivity (Wildman–Crippen MR) is 137 cm³/mol. The number of alkyl carbamates (subject to hydrolysis) is 1. The lowest BCUT2D eigenvalue weighted by molar-refractivity contribution is -0.148. The number of esters is 1. The maximum absolute atomic E-state index is 14.3. The maximum Gasteiger partial charge on any atom is 0.407 e. The highest BCUT2D eigenvalue weighted by Gasteiger charge is 2.27. The number of carbonyl (C=O) groups excluding carboxylic acids is 2. The molecule has 2 N–H and O–H groups in total. The van der Waals surface area contributed by atoms with E-state index in [-0.39, 0.29) is 31.9 Å². The van der Waals surface area contributed by atoms with Gasteiger partial charge in [0.2, 0.25) is 0 Å². The highest BCUT2D eigenvalue weighted by Crippen LogP contribution is 2.27. The second-order valence-electron chi connectivity index (χ2n) is 9.45. The summed E-state index contributed by atoms with van der Waals surface area (Å²) in [6.45, 7) is 6.97. The summed E-state index contributed by atoms with van der Waals surface area (Å²) < 4.78 is 37.5. The third-order valence-corrected chi connectivity index (χ3v) is 5.48. The Hall–Kier alpha value is -2.71. The maximum atomic E-state index is 14.3. The Morgan fingerprint density at radius 3 is 2.42 bits per heavy atom. The summed E-state index contributed by atoms with van der Waals surface area (Å²) in [5.74, 6) is -1.41. The van der Waals surface area contributed by atoms with Crippen molar-refractivity contribution >= 4 is 23.7 Å². The van der Waals surface area contributed by atoms with Crippen LogP contribution in [-0.2, 0) is 20.7 Å². The van der Waals surface area contributed by atoms with E-state index >= 15 is 0 Å². The van der Waals surface area contributed by atoms with Gasteiger partial charge in [0.1, 0.15) is 18.1 Å². The molecule has 0 saturated heterocycles. The lowest BCUT2D eigenvalue weighted by Crippen LogP contribution is -2.43. The van der Waals surface area contributed by atoms with Gasteiger partial charge in [0.05, 0.1) is 12.5 Å². The molecule has 198 valence electrons. The second kappa shape index (κ2) is 14.1. The van der Waals surface area contributed by atoms with Crippen LogP contribution >= 0.6 is 11.6 Å². The Balaban J connectivity index is 2.23. The van der Waals surface area contributed by atoms with Gasteiger partial charge in [-0.2, -0.15) is 0 Å². The fourth-order valence-electron chi connectivity index (χ4n) is 3.70. The van der Waals surface area contributed by atoms with E-state index in [1.165, 1.54) is 12.1 Å². The smallest absolute Gasteiger partial charge is 0.407 e. The summed E-state index contributed by atoms with van der Waals surface area (Å²) in [5, 5.41) is 6.19. The SMILES string of the molecule is CCOC(=O)C(CNCCF)CC(Cc1ccc(-c2cc(Cl)ccc2F)cc1)NC(=O)OC(C)(C)C. The van der Waals surface area contributed by atoms with Gasteiger partial charge in [0, 0.05) is 29.7 Å². The van der Waals surface area contributed by atoms with Gasteiger partial charge in [0.15, 0.2) is 0 Å². The molecule has 1 amide bonds. The van der Waals surface area contributed by atoms with Crippen LogP contribution in [0, 0.1) is 11.7 Å². The molecule has 0 saturated carbocycles. The molecule has 2 unspecified atom stereocenters. The summed E-state index contributed by atoms with van der Waals surface area (Å²) in [6, 6.07) is 11.1. The zero-order chi connectivity index (χ0) is 26.7. The van der Waals surface area contributed by atoms with Gasteiger partial charge in [-0.15, -0.1) is 0 Å². The van der Waals surface area contributed by atoms with Crippen molar-refractivity contribution in [2.75, 3.05) is 26.4 Å². The van der Waals surface area contributed by atoms with E-state index in [0.29, 0.717) is 22.6 Å². The molecule has 2 aromatic carbocycles. The Morgan fingerprint density at radius 1 is 1.11 bits per heavy atom. The molecule has 0 fully saturated rings. The van der Waals surface area contributed by atoms with E-state index in [1.54, 1.807) is 45.9 Å². The van der Waals surface area contributed by atoms with Crippen molar-refractivity contribution in [3.8, 4) is 11.1 Å². The predicted octanol–water partition coefficient (Wildman–Crippen LogP) is 5.71. The van der Waals surface area contributed by atoms with Crippen molar-refractivity contribution in [3.63, 3.8) is 0 Å². The lowest BCUT2D eigenvalue weighted by Gasteiger charge is -2.26. The number of rotatable bonds is 12. The molecule has 0 spiro atoms. The number of amides is 1. The molecule has 2 aromatic rings. The minimum absolute atomic E-state index is 0.113. The van der Waals surface area contributed by atoms with Crippen LogP contribution in [0.25, 0.3) is 11.1 Å². The zero-order valence-electron chi connectivity index (χ0n) is 21.2. The molecule has 2 rings (SSSR count). The average molecular weight is 525 g/mol. The molecule has 9 heteroatoms.